The molecule has 41 heavy (non-hydrogen) atoms. The maximum Gasteiger partial charge on any atom is 0.331 e. The first-order chi connectivity index (χ1) is 19.6. The van der Waals surface area contributed by atoms with Gasteiger partial charge in [0.05, 0.1) is 19.9 Å². The lowest BCUT2D eigenvalue weighted by molar-refractivity contribution is -0.142. The van der Waals surface area contributed by atoms with E-state index in [-0.39, 0.29) is 28.8 Å². The van der Waals surface area contributed by atoms with Crippen molar-refractivity contribution in [2.75, 3.05) is 42.3 Å². The Morgan fingerprint density at radius 3 is 2.29 bits per heavy atom. The van der Waals surface area contributed by atoms with Gasteiger partial charge in [-0.15, -0.1) is 0 Å². The van der Waals surface area contributed by atoms with Crippen LogP contribution in [-0.2, 0) is 35.6 Å². The molecule has 2 amide bonds. The molecule has 0 radical (unpaired) electrons. The summed E-state index contributed by atoms with van der Waals surface area (Å²) in [4.78, 5) is 35.5. The highest BCUT2D eigenvalue weighted by Gasteiger charge is 2.34. The second-order valence-corrected chi connectivity index (χ2v) is 10.8. The maximum atomic E-state index is 13.7. The number of carbonyl (C=O) groups excluding carboxylic acids is 3. The number of sulfonamides is 1. The number of hydrogen-bond acceptors (Lipinski definition) is 8. The molecule has 1 aliphatic rings. The van der Waals surface area contributed by atoms with Crippen molar-refractivity contribution in [3.8, 4) is 11.5 Å². The number of para-hydroxylation sites is 1. The standard InChI is InChI=1S/C29H29N3O8S/c1-19(33)30-22-9-11-23(12-10-22)31-27(34)18-40-28(35)13-8-20-16-25(38-2)29(39-3)26(17-20)41(36,37)32-15-14-21-6-4-5-7-24(21)32/h4-13,16-17H,14-15,18H2,1-3H3,(H,30,33)(H,31,34)/b13-8+. The average Bonchev–Trinajstić information content (AvgIpc) is 3.40. The first-order valence-corrected chi connectivity index (χ1v) is 14.0. The van der Waals surface area contributed by atoms with E-state index < -0.39 is 28.5 Å². The number of ether oxygens (including phenoxy) is 3. The zero-order chi connectivity index (χ0) is 29.6. The third kappa shape index (κ3) is 6.84. The Morgan fingerprint density at radius 1 is 0.951 bits per heavy atom. The van der Waals surface area contributed by atoms with E-state index in [9.17, 15) is 22.8 Å². The van der Waals surface area contributed by atoms with Gasteiger partial charge >= 0.3 is 5.97 Å². The van der Waals surface area contributed by atoms with Gasteiger partial charge in [-0.2, -0.15) is 0 Å². The zero-order valence-electron chi connectivity index (χ0n) is 22.7. The molecule has 0 bridgehead atoms. The molecule has 0 fully saturated rings. The summed E-state index contributed by atoms with van der Waals surface area (Å²) in [6.07, 6.45) is 3.02. The summed E-state index contributed by atoms with van der Waals surface area (Å²) < 4.78 is 44.6. The van der Waals surface area contributed by atoms with Crippen LogP contribution in [-0.4, -0.2) is 53.6 Å². The minimum Gasteiger partial charge on any atom is -0.493 e. The van der Waals surface area contributed by atoms with Gasteiger partial charge in [0.25, 0.3) is 15.9 Å². The topological polar surface area (TPSA) is 140 Å². The summed E-state index contributed by atoms with van der Waals surface area (Å²) in [7, 11) is -1.31. The van der Waals surface area contributed by atoms with E-state index in [1.165, 1.54) is 43.7 Å². The quantitative estimate of drug-likeness (QED) is 0.274. The molecule has 2 N–H and O–H groups in total. The number of amides is 2. The second-order valence-electron chi connectivity index (χ2n) is 8.96. The molecule has 1 heterocycles. The van der Waals surface area contributed by atoms with Crippen LogP contribution in [0.1, 0.15) is 18.1 Å². The van der Waals surface area contributed by atoms with E-state index in [1.54, 1.807) is 36.4 Å². The number of methoxy groups -OCH3 is 2. The van der Waals surface area contributed by atoms with Crippen molar-refractivity contribution in [2.45, 2.75) is 18.2 Å². The van der Waals surface area contributed by atoms with E-state index >= 15 is 0 Å². The highest BCUT2D eigenvalue weighted by molar-refractivity contribution is 7.93. The Balaban J connectivity index is 1.46. The number of esters is 1. The first kappa shape index (κ1) is 29.2. The van der Waals surface area contributed by atoms with E-state index in [2.05, 4.69) is 10.6 Å². The van der Waals surface area contributed by atoms with Gasteiger partial charge in [0.2, 0.25) is 5.91 Å². The molecule has 0 atom stereocenters. The third-order valence-corrected chi connectivity index (χ3v) is 7.94. The number of anilines is 3. The maximum absolute atomic E-state index is 13.7. The molecule has 214 valence electrons. The van der Waals surface area contributed by atoms with Crippen LogP contribution in [0.4, 0.5) is 17.1 Å². The van der Waals surface area contributed by atoms with Gasteiger partial charge in [0, 0.05) is 30.9 Å². The highest BCUT2D eigenvalue weighted by Crippen LogP contribution is 2.40. The summed E-state index contributed by atoms with van der Waals surface area (Å²) in [5.41, 5.74) is 2.89. The van der Waals surface area contributed by atoms with Crippen molar-refractivity contribution in [1.29, 1.82) is 0 Å². The molecular weight excluding hydrogens is 550 g/mol. The van der Waals surface area contributed by atoms with Gasteiger partial charge in [0.15, 0.2) is 18.1 Å². The van der Waals surface area contributed by atoms with Crippen LogP contribution >= 0.6 is 0 Å². The molecule has 3 aromatic rings. The zero-order valence-corrected chi connectivity index (χ0v) is 23.5. The van der Waals surface area contributed by atoms with Gasteiger partial charge < -0.3 is 24.8 Å². The number of rotatable bonds is 10. The number of benzene rings is 3. The van der Waals surface area contributed by atoms with E-state index in [0.29, 0.717) is 29.0 Å². The lowest BCUT2D eigenvalue weighted by Gasteiger charge is -2.22. The van der Waals surface area contributed by atoms with Crippen molar-refractivity contribution in [3.05, 3.63) is 77.9 Å². The summed E-state index contributed by atoms with van der Waals surface area (Å²) in [5, 5.41) is 5.20. The summed E-state index contributed by atoms with van der Waals surface area (Å²) in [6.45, 7) is 1.12. The van der Waals surface area contributed by atoms with E-state index in [4.69, 9.17) is 14.2 Å². The predicted octanol–water partition coefficient (Wildman–Crippen LogP) is 3.61. The smallest absolute Gasteiger partial charge is 0.331 e. The minimum absolute atomic E-state index is 0.0402. The van der Waals surface area contributed by atoms with Crippen LogP contribution in [0, 0.1) is 0 Å². The Labute approximate surface area is 237 Å². The summed E-state index contributed by atoms with van der Waals surface area (Å²) in [6, 6.07) is 16.6. The van der Waals surface area contributed by atoms with Crippen LogP contribution < -0.4 is 24.4 Å². The molecule has 0 saturated heterocycles. The molecule has 4 rings (SSSR count). The molecule has 0 saturated carbocycles. The van der Waals surface area contributed by atoms with Crippen LogP contribution in [0.15, 0.2) is 71.6 Å². The van der Waals surface area contributed by atoms with Crippen molar-refractivity contribution in [2.24, 2.45) is 0 Å². The van der Waals surface area contributed by atoms with E-state index in [0.717, 1.165) is 11.6 Å². The Kier molecular flexibility index (Phi) is 8.93. The lowest BCUT2D eigenvalue weighted by Crippen LogP contribution is -2.29. The van der Waals surface area contributed by atoms with Gasteiger partial charge in [-0.1, -0.05) is 18.2 Å². The van der Waals surface area contributed by atoms with Crippen molar-refractivity contribution in [3.63, 3.8) is 0 Å². The van der Waals surface area contributed by atoms with Crippen molar-refractivity contribution >= 4 is 50.9 Å². The molecule has 0 unspecified atom stereocenters. The molecule has 12 heteroatoms. The van der Waals surface area contributed by atoms with Crippen LogP contribution in [0.5, 0.6) is 11.5 Å². The SMILES string of the molecule is COc1cc(/C=C/C(=O)OCC(=O)Nc2ccc(NC(C)=O)cc2)cc(S(=O)(=O)N2CCc3ccccc32)c1OC. The predicted molar refractivity (Wildman–Crippen MR) is 154 cm³/mol. The molecule has 0 spiro atoms. The monoisotopic (exact) mass is 579 g/mol. The molecular formula is C29H29N3O8S. The van der Waals surface area contributed by atoms with Crippen LogP contribution in [0.25, 0.3) is 6.08 Å². The Morgan fingerprint density at radius 2 is 1.63 bits per heavy atom. The number of fused-ring (bicyclic) bond motifs is 1. The van der Waals surface area contributed by atoms with Gasteiger partial charge in [-0.25, -0.2) is 13.2 Å². The normalized spacial score (nSPS) is 12.5. The highest BCUT2D eigenvalue weighted by atomic mass is 32.2. The fraction of sp³-hybridized carbons (Fsp3) is 0.207. The minimum atomic E-state index is -4.04. The Bertz CT molecular complexity index is 1600. The van der Waals surface area contributed by atoms with Gasteiger partial charge in [-0.05, 0) is 66.1 Å². The van der Waals surface area contributed by atoms with Crippen molar-refractivity contribution < 1.29 is 37.0 Å². The lowest BCUT2D eigenvalue weighted by atomic mass is 10.2. The first-order valence-electron chi connectivity index (χ1n) is 12.5. The number of nitrogens with zero attached hydrogens (tertiary/aromatic N) is 1. The number of hydrogen-bond donors (Lipinski definition) is 2. The number of carbonyl (C=O) groups is 3. The largest absolute Gasteiger partial charge is 0.493 e. The fourth-order valence-electron chi connectivity index (χ4n) is 4.30. The molecule has 0 aliphatic carbocycles. The molecule has 3 aromatic carbocycles. The number of nitrogens with one attached hydrogen (secondary N) is 2. The van der Waals surface area contributed by atoms with Crippen molar-refractivity contribution in [1.82, 2.24) is 0 Å². The third-order valence-electron chi connectivity index (χ3n) is 6.13. The van der Waals surface area contributed by atoms with Crippen LogP contribution in [0.2, 0.25) is 0 Å². The Hall–Kier alpha value is -4.84. The molecule has 0 aromatic heterocycles. The summed E-state index contributed by atoms with van der Waals surface area (Å²) >= 11 is 0. The fourth-order valence-corrected chi connectivity index (χ4v) is 6.01. The molecule has 1 aliphatic heterocycles. The van der Waals surface area contributed by atoms with E-state index in [1.807, 2.05) is 12.1 Å². The second kappa shape index (κ2) is 12.6. The average molecular weight is 580 g/mol. The van der Waals surface area contributed by atoms with Gasteiger partial charge in [-0.3, -0.25) is 13.9 Å². The summed E-state index contributed by atoms with van der Waals surface area (Å²) in [5.74, 6) is -1.39. The van der Waals surface area contributed by atoms with Gasteiger partial charge in [0.1, 0.15) is 4.90 Å². The molecule has 11 nitrogen and oxygen atoms in total. The van der Waals surface area contributed by atoms with Crippen LogP contribution in [0.3, 0.4) is 0 Å².